The van der Waals surface area contributed by atoms with E-state index in [9.17, 15) is 18.3 Å². The minimum absolute atomic E-state index is 0.0376. The average molecular weight is 291 g/mol. The van der Waals surface area contributed by atoms with Crippen LogP contribution in [0, 0.1) is 5.41 Å². The number of nitrogens with two attached hydrogens (primary N) is 1. The van der Waals surface area contributed by atoms with Gasteiger partial charge in [0, 0.05) is 12.0 Å². The fraction of sp³-hybridized carbons (Fsp3) is 0.615. The van der Waals surface area contributed by atoms with Gasteiger partial charge in [-0.05, 0) is 18.9 Å². The van der Waals surface area contributed by atoms with E-state index >= 15 is 0 Å². The van der Waals surface area contributed by atoms with Gasteiger partial charge in [-0.15, -0.1) is 0 Å². The first-order chi connectivity index (χ1) is 9.28. The molecule has 0 saturated heterocycles. The zero-order valence-electron chi connectivity index (χ0n) is 11.6. The number of alkyl halides is 3. The zero-order valence-corrected chi connectivity index (χ0v) is 11.6. The molecule has 0 aliphatic heterocycles. The van der Waals surface area contributed by atoms with Crippen LogP contribution < -0.4 is 11.1 Å². The summed E-state index contributed by atoms with van der Waals surface area (Å²) in [6.07, 6.45) is -2.09. The Labute approximate surface area is 116 Å². The number of halogens is 3. The lowest BCUT2D eigenvalue weighted by molar-refractivity contribution is -0.141. The molecule has 1 aromatic heterocycles. The molecule has 1 aromatic rings. The molecule has 20 heavy (non-hydrogen) atoms. The Hall–Kier alpha value is -1.50. The summed E-state index contributed by atoms with van der Waals surface area (Å²) in [5.74, 6) is 0. The molecule has 0 fully saturated rings. The van der Waals surface area contributed by atoms with Gasteiger partial charge >= 0.3 is 6.18 Å². The fourth-order valence-electron chi connectivity index (χ4n) is 1.84. The third-order valence-corrected chi connectivity index (χ3v) is 3.71. The fourth-order valence-corrected chi connectivity index (χ4v) is 1.84. The maximum Gasteiger partial charge on any atom is 0.433 e. The van der Waals surface area contributed by atoms with Crippen molar-refractivity contribution >= 4 is 11.4 Å². The Morgan fingerprint density at radius 1 is 1.30 bits per heavy atom. The van der Waals surface area contributed by atoms with Crippen molar-refractivity contribution in [2.24, 2.45) is 5.41 Å². The largest absolute Gasteiger partial charge is 0.433 e. The molecular weight excluding hydrogens is 271 g/mol. The predicted molar refractivity (Wildman–Crippen MR) is 72.2 cm³/mol. The highest BCUT2D eigenvalue weighted by molar-refractivity contribution is 5.65. The van der Waals surface area contributed by atoms with E-state index in [0.29, 0.717) is 19.4 Å². The highest BCUT2D eigenvalue weighted by Gasteiger charge is 2.33. The van der Waals surface area contributed by atoms with Crippen LogP contribution in [0.4, 0.5) is 24.5 Å². The van der Waals surface area contributed by atoms with Crippen molar-refractivity contribution in [3.8, 4) is 0 Å². The second-order valence-corrected chi connectivity index (χ2v) is 4.87. The van der Waals surface area contributed by atoms with E-state index in [0.717, 1.165) is 12.3 Å². The van der Waals surface area contributed by atoms with Crippen LogP contribution in [0.5, 0.6) is 0 Å². The number of nitrogen functional groups attached to an aromatic ring is 1. The second-order valence-electron chi connectivity index (χ2n) is 4.87. The molecule has 114 valence electrons. The average Bonchev–Trinajstić information content (AvgIpc) is 2.41. The maximum atomic E-state index is 12.6. The van der Waals surface area contributed by atoms with Crippen LogP contribution in [-0.4, -0.2) is 23.2 Å². The van der Waals surface area contributed by atoms with Gasteiger partial charge < -0.3 is 16.2 Å². The smallest absolute Gasteiger partial charge is 0.396 e. The highest BCUT2D eigenvalue weighted by atomic mass is 19.4. The summed E-state index contributed by atoms with van der Waals surface area (Å²) in [6.45, 7) is 4.17. The molecule has 0 atom stereocenters. The second kappa shape index (κ2) is 6.30. The van der Waals surface area contributed by atoms with Crippen LogP contribution in [0.2, 0.25) is 0 Å². The standard InChI is InChI=1S/C13H20F3N3O/c1-3-12(4-2,8-20)7-19-10-5-11(13(14,15)16)18-6-9(10)17/h5-6,20H,3-4,7-8,17H2,1-2H3,(H,18,19). The van der Waals surface area contributed by atoms with Crippen LogP contribution in [0.3, 0.4) is 0 Å². The van der Waals surface area contributed by atoms with Crippen LogP contribution in [0.1, 0.15) is 32.4 Å². The van der Waals surface area contributed by atoms with Gasteiger partial charge in [-0.25, -0.2) is 4.98 Å². The number of hydrogen-bond acceptors (Lipinski definition) is 4. The number of nitrogens with one attached hydrogen (secondary N) is 1. The van der Waals surface area contributed by atoms with Crippen LogP contribution >= 0.6 is 0 Å². The Morgan fingerprint density at radius 2 is 1.90 bits per heavy atom. The zero-order chi connectivity index (χ0) is 15.4. The van der Waals surface area contributed by atoms with Gasteiger partial charge in [0.25, 0.3) is 0 Å². The Bertz CT molecular complexity index is 437. The summed E-state index contributed by atoms with van der Waals surface area (Å²) in [7, 11) is 0. The SMILES string of the molecule is CCC(CC)(CO)CNc1cc(C(F)(F)F)ncc1N. The van der Waals surface area contributed by atoms with Crippen molar-refractivity contribution in [2.75, 3.05) is 24.2 Å². The van der Waals surface area contributed by atoms with E-state index in [2.05, 4.69) is 10.3 Å². The van der Waals surface area contributed by atoms with Crippen molar-refractivity contribution in [1.29, 1.82) is 0 Å². The van der Waals surface area contributed by atoms with Crippen molar-refractivity contribution in [3.05, 3.63) is 18.0 Å². The number of pyridine rings is 1. The molecule has 0 aliphatic rings. The number of aromatic nitrogens is 1. The topological polar surface area (TPSA) is 71.2 Å². The summed E-state index contributed by atoms with van der Waals surface area (Å²) >= 11 is 0. The summed E-state index contributed by atoms with van der Waals surface area (Å²) in [5.41, 5.74) is 4.61. The van der Waals surface area contributed by atoms with Gasteiger partial charge in [0.1, 0.15) is 5.69 Å². The third kappa shape index (κ3) is 3.75. The van der Waals surface area contributed by atoms with E-state index < -0.39 is 11.9 Å². The first-order valence-corrected chi connectivity index (χ1v) is 6.45. The van der Waals surface area contributed by atoms with Crippen LogP contribution in [0.25, 0.3) is 0 Å². The molecule has 0 radical (unpaired) electrons. The van der Waals surface area contributed by atoms with E-state index in [4.69, 9.17) is 5.73 Å². The number of aliphatic hydroxyl groups is 1. The van der Waals surface area contributed by atoms with Gasteiger partial charge in [-0.1, -0.05) is 13.8 Å². The summed E-state index contributed by atoms with van der Waals surface area (Å²) < 4.78 is 37.8. The molecule has 0 unspecified atom stereocenters. The van der Waals surface area contributed by atoms with E-state index in [1.54, 1.807) is 0 Å². The Balaban J connectivity index is 2.92. The Kier molecular flexibility index (Phi) is 5.21. The first kappa shape index (κ1) is 16.6. The number of nitrogens with zero attached hydrogens (tertiary/aromatic N) is 1. The first-order valence-electron chi connectivity index (χ1n) is 6.45. The molecule has 0 amide bonds. The maximum absolute atomic E-state index is 12.6. The Morgan fingerprint density at radius 3 is 2.35 bits per heavy atom. The predicted octanol–water partition coefficient (Wildman–Crippen LogP) is 2.89. The molecule has 0 spiro atoms. The summed E-state index contributed by atoms with van der Waals surface area (Å²) in [6, 6.07) is 0.892. The van der Waals surface area contributed by atoms with Gasteiger partial charge in [0.05, 0.1) is 24.2 Å². The van der Waals surface area contributed by atoms with E-state index in [1.807, 2.05) is 13.8 Å². The molecule has 0 bridgehead atoms. The molecule has 0 aliphatic carbocycles. The summed E-state index contributed by atoms with van der Waals surface area (Å²) in [4.78, 5) is 3.28. The molecule has 0 aromatic carbocycles. The molecule has 0 saturated carbocycles. The van der Waals surface area contributed by atoms with Crippen LogP contribution in [-0.2, 0) is 6.18 Å². The quantitative estimate of drug-likeness (QED) is 0.753. The number of rotatable bonds is 6. The normalized spacial score (nSPS) is 12.5. The highest BCUT2D eigenvalue weighted by Crippen LogP contribution is 2.32. The van der Waals surface area contributed by atoms with Gasteiger partial charge in [-0.3, -0.25) is 0 Å². The lowest BCUT2D eigenvalue weighted by atomic mass is 9.83. The van der Waals surface area contributed by atoms with Gasteiger partial charge in [0.15, 0.2) is 0 Å². The minimum atomic E-state index is -4.51. The van der Waals surface area contributed by atoms with Crippen LogP contribution in [0.15, 0.2) is 12.3 Å². The molecule has 4 nitrogen and oxygen atoms in total. The van der Waals surface area contributed by atoms with Crippen molar-refractivity contribution in [1.82, 2.24) is 4.98 Å². The lowest BCUT2D eigenvalue weighted by Gasteiger charge is -2.30. The van der Waals surface area contributed by atoms with E-state index in [-0.39, 0.29) is 23.4 Å². The molecular formula is C13H20F3N3O. The third-order valence-electron chi connectivity index (χ3n) is 3.71. The number of hydrogen-bond donors (Lipinski definition) is 3. The molecule has 1 rings (SSSR count). The number of anilines is 2. The molecule has 1 heterocycles. The van der Waals surface area contributed by atoms with Crippen molar-refractivity contribution in [2.45, 2.75) is 32.9 Å². The molecule has 7 heteroatoms. The monoisotopic (exact) mass is 291 g/mol. The lowest BCUT2D eigenvalue weighted by Crippen LogP contribution is -2.32. The minimum Gasteiger partial charge on any atom is -0.396 e. The van der Waals surface area contributed by atoms with Crippen molar-refractivity contribution in [3.63, 3.8) is 0 Å². The van der Waals surface area contributed by atoms with Gasteiger partial charge in [0.2, 0.25) is 0 Å². The molecule has 4 N–H and O–H groups in total. The van der Waals surface area contributed by atoms with Crippen molar-refractivity contribution < 1.29 is 18.3 Å². The van der Waals surface area contributed by atoms with Gasteiger partial charge in [-0.2, -0.15) is 13.2 Å². The number of aliphatic hydroxyl groups excluding tert-OH is 1. The summed E-state index contributed by atoms with van der Waals surface area (Å²) in [5, 5.41) is 12.3. The van der Waals surface area contributed by atoms with E-state index in [1.165, 1.54) is 0 Å².